The number of likely N-dealkylation sites (tertiary alicyclic amines) is 1. The molecule has 1 saturated heterocycles. The molecule has 2 aromatic rings. The summed E-state index contributed by atoms with van der Waals surface area (Å²) in [5, 5.41) is 4.96. The fraction of sp³-hybridized carbons (Fsp3) is 0.438. The van der Waals surface area contributed by atoms with Crippen LogP contribution in [0.15, 0.2) is 24.3 Å². The number of piperidine rings is 1. The van der Waals surface area contributed by atoms with Crippen LogP contribution >= 0.6 is 11.6 Å². The van der Waals surface area contributed by atoms with Gasteiger partial charge in [-0.1, -0.05) is 30.7 Å². The van der Waals surface area contributed by atoms with Crippen LogP contribution < -0.4 is 0 Å². The minimum absolute atomic E-state index is 0.0968. The normalized spacial score (nSPS) is 18.5. The Morgan fingerprint density at radius 2 is 2.14 bits per heavy atom. The van der Waals surface area contributed by atoms with Crippen LogP contribution in [-0.4, -0.2) is 38.7 Å². The quantitative estimate of drug-likeness (QED) is 0.855. The molecule has 0 N–H and O–H groups in total. The molecule has 22 heavy (non-hydrogen) atoms. The van der Waals surface area contributed by atoms with Gasteiger partial charge in [-0.25, -0.2) is 9.67 Å². The first-order valence-corrected chi connectivity index (χ1v) is 7.92. The van der Waals surface area contributed by atoms with E-state index in [9.17, 15) is 4.79 Å². The van der Waals surface area contributed by atoms with Gasteiger partial charge in [0.1, 0.15) is 5.82 Å². The number of para-hydroxylation sites is 1. The lowest BCUT2D eigenvalue weighted by molar-refractivity contribution is 0.0670. The van der Waals surface area contributed by atoms with E-state index in [0.29, 0.717) is 16.8 Å². The highest BCUT2D eigenvalue weighted by atomic mass is 35.5. The number of carbonyl (C=O) groups excluding carboxylic acids is 1. The number of aromatic nitrogens is 3. The largest absolute Gasteiger partial charge is 0.336 e. The highest BCUT2D eigenvalue weighted by Gasteiger charge is 2.25. The molecule has 1 aromatic heterocycles. The number of aryl methyl sites for hydroxylation is 1. The summed E-state index contributed by atoms with van der Waals surface area (Å²) in [4.78, 5) is 18.8. The molecule has 1 aliphatic heterocycles. The summed E-state index contributed by atoms with van der Waals surface area (Å²) in [5.74, 6) is 1.33. The molecule has 6 heteroatoms. The predicted molar refractivity (Wildman–Crippen MR) is 85.4 cm³/mol. The summed E-state index contributed by atoms with van der Waals surface area (Å²) in [6, 6.07) is 7.41. The average molecular weight is 319 g/mol. The fourth-order valence-corrected chi connectivity index (χ4v) is 3.06. The Morgan fingerprint density at radius 3 is 2.86 bits per heavy atom. The number of hydrogen-bond acceptors (Lipinski definition) is 3. The number of rotatable bonds is 2. The molecular formula is C16H19ClN4O. The molecule has 1 amide bonds. The van der Waals surface area contributed by atoms with E-state index in [1.165, 1.54) is 6.42 Å². The Bertz CT molecular complexity index is 697. The van der Waals surface area contributed by atoms with Gasteiger partial charge in [0.15, 0.2) is 0 Å². The third-order valence-electron chi connectivity index (χ3n) is 3.99. The topological polar surface area (TPSA) is 51.0 Å². The number of nitrogens with zero attached hydrogens (tertiary/aromatic N) is 4. The van der Waals surface area contributed by atoms with Gasteiger partial charge in [-0.3, -0.25) is 4.79 Å². The van der Waals surface area contributed by atoms with Crippen LogP contribution in [0.5, 0.6) is 0 Å². The van der Waals surface area contributed by atoms with Crippen molar-refractivity contribution < 1.29 is 4.79 Å². The molecule has 1 fully saturated rings. The summed E-state index contributed by atoms with van der Waals surface area (Å²) >= 11 is 6.20. The Balaban J connectivity index is 1.89. The van der Waals surface area contributed by atoms with Crippen LogP contribution in [0.1, 0.15) is 36.2 Å². The van der Waals surface area contributed by atoms with Crippen molar-refractivity contribution in [1.82, 2.24) is 19.7 Å². The maximum Gasteiger partial charge on any atom is 0.293 e. The second-order valence-corrected chi connectivity index (χ2v) is 6.25. The molecule has 5 nitrogen and oxygen atoms in total. The van der Waals surface area contributed by atoms with Gasteiger partial charge in [0.25, 0.3) is 5.91 Å². The fourth-order valence-electron chi connectivity index (χ4n) is 2.85. The lowest BCUT2D eigenvalue weighted by atomic mass is 10.0. The zero-order valence-electron chi connectivity index (χ0n) is 12.8. The van der Waals surface area contributed by atoms with Crippen molar-refractivity contribution in [3.05, 3.63) is 40.9 Å². The third-order valence-corrected chi connectivity index (χ3v) is 4.30. The smallest absolute Gasteiger partial charge is 0.293 e. The van der Waals surface area contributed by atoms with Crippen LogP contribution in [-0.2, 0) is 0 Å². The molecule has 0 bridgehead atoms. The van der Waals surface area contributed by atoms with Crippen LogP contribution in [0.3, 0.4) is 0 Å². The van der Waals surface area contributed by atoms with Gasteiger partial charge in [-0.05, 0) is 37.8 Å². The lowest BCUT2D eigenvalue weighted by Gasteiger charge is -2.29. The van der Waals surface area contributed by atoms with Crippen molar-refractivity contribution >= 4 is 17.5 Å². The van der Waals surface area contributed by atoms with Crippen molar-refractivity contribution in [3.63, 3.8) is 0 Å². The summed E-state index contributed by atoms with van der Waals surface area (Å²) in [6.07, 6.45) is 2.21. The van der Waals surface area contributed by atoms with Crippen LogP contribution in [0.2, 0.25) is 5.02 Å². The molecule has 116 valence electrons. The Hall–Kier alpha value is -1.88. The molecule has 1 aliphatic rings. The van der Waals surface area contributed by atoms with Gasteiger partial charge in [0, 0.05) is 13.1 Å². The molecule has 3 rings (SSSR count). The van der Waals surface area contributed by atoms with Gasteiger partial charge in [0.05, 0.1) is 10.7 Å². The highest BCUT2D eigenvalue weighted by molar-refractivity contribution is 6.32. The zero-order valence-corrected chi connectivity index (χ0v) is 13.5. The predicted octanol–water partition coefficient (Wildman–Crippen LogP) is 3.10. The first-order chi connectivity index (χ1) is 10.6. The van der Waals surface area contributed by atoms with E-state index < -0.39 is 0 Å². The van der Waals surface area contributed by atoms with Crippen molar-refractivity contribution in [1.29, 1.82) is 0 Å². The van der Waals surface area contributed by atoms with E-state index in [0.717, 1.165) is 25.2 Å². The number of halogens is 1. The average Bonchev–Trinajstić information content (AvgIpc) is 2.89. The van der Waals surface area contributed by atoms with E-state index in [1.54, 1.807) is 10.7 Å². The van der Waals surface area contributed by atoms with E-state index in [-0.39, 0.29) is 11.7 Å². The van der Waals surface area contributed by atoms with Gasteiger partial charge in [0.2, 0.25) is 5.82 Å². The van der Waals surface area contributed by atoms with Crippen LogP contribution in [0, 0.1) is 12.8 Å². The van der Waals surface area contributed by atoms with Crippen molar-refractivity contribution in [2.24, 2.45) is 5.92 Å². The maximum absolute atomic E-state index is 12.6. The minimum Gasteiger partial charge on any atom is -0.336 e. The number of benzene rings is 1. The second-order valence-electron chi connectivity index (χ2n) is 5.84. The van der Waals surface area contributed by atoms with Gasteiger partial charge in [-0.15, -0.1) is 5.10 Å². The molecule has 0 radical (unpaired) electrons. The first-order valence-electron chi connectivity index (χ1n) is 7.54. The van der Waals surface area contributed by atoms with E-state index in [2.05, 4.69) is 17.0 Å². The summed E-state index contributed by atoms with van der Waals surface area (Å²) in [6.45, 7) is 5.55. The van der Waals surface area contributed by atoms with Crippen molar-refractivity contribution in [3.8, 4) is 5.69 Å². The molecule has 1 unspecified atom stereocenters. The maximum atomic E-state index is 12.6. The summed E-state index contributed by atoms with van der Waals surface area (Å²) in [7, 11) is 0. The monoisotopic (exact) mass is 318 g/mol. The molecule has 0 saturated carbocycles. The highest BCUT2D eigenvalue weighted by Crippen LogP contribution is 2.21. The molecule has 2 heterocycles. The summed E-state index contributed by atoms with van der Waals surface area (Å²) < 4.78 is 1.63. The zero-order chi connectivity index (χ0) is 15.7. The Morgan fingerprint density at radius 1 is 1.36 bits per heavy atom. The third kappa shape index (κ3) is 2.86. The lowest BCUT2D eigenvalue weighted by Crippen LogP contribution is -2.39. The standard InChI is InChI=1S/C16H19ClN4O/c1-11-6-5-9-20(10-11)16(22)15-18-12(2)21(19-15)14-8-4-3-7-13(14)17/h3-4,7-8,11H,5-6,9-10H2,1-2H3. The summed E-state index contributed by atoms with van der Waals surface area (Å²) in [5.41, 5.74) is 0.736. The molecule has 0 spiro atoms. The second kappa shape index (κ2) is 6.08. The minimum atomic E-state index is -0.0968. The van der Waals surface area contributed by atoms with Gasteiger partial charge in [-0.2, -0.15) is 0 Å². The Kier molecular flexibility index (Phi) is 4.16. The van der Waals surface area contributed by atoms with E-state index in [1.807, 2.05) is 30.0 Å². The van der Waals surface area contributed by atoms with Gasteiger partial charge < -0.3 is 4.90 Å². The van der Waals surface area contributed by atoms with E-state index >= 15 is 0 Å². The van der Waals surface area contributed by atoms with E-state index in [4.69, 9.17) is 11.6 Å². The van der Waals surface area contributed by atoms with Crippen LogP contribution in [0.25, 0.3) is 5.69 Å². The van der Waals surface area contributed by atoms with Crippen molar-refractivity contribution in [2.45, 2.75) is 26.7 Å². The molecule has 1 atom stereocenters. The number of hydrogen-bond donors (Lipinski definition) is 0. The van der Waals surface area contributed by atoms with Crippen LogP contribution in [0.4, 0.5) is 0 Å². The molecule has 1 aromatic carbocycles. The SMILES string of the molecule is Cc1nc(C(=O)N2CCCC(C)C2)nn1-c1ccccc1Cl. The van der Waals surface area contributed by atoms with Crippen molar-refractivity contribution in [2.75, 3.05) is 13.1 Å². The molecule has 0 aliphatic carbocycles. The number of carbonyl (C=O) groups is 1. The first kappa shape index (κ1) is 15.0. The molecular weight excluding hydrogens is 300 g/mol. The van der Waals surface area contributed by atoms with Gasteiger partial charge >= 0.3 is 0 Å². The number of amides is 1. The Labute approximate surface area is 134 Å².